The Balaban J connectivity index is -0.00000120. The molecule has 7 nitrogen and oxygen atoms in total. The zero-order valence-corrected chi connectivity index (χ0v) is 14.7. The van der Waals surface area contributed by atoms with E-state index in [0.29, 0.717) is 25.9 Å². The predicted molar refractivity (Wildman–Crippen MR) is 81.5 cm³/mol. The minimum Gasteiger partial charge on any atom is -0.870 e. The van der Waals surface area contributed by atoms with E-state index < -0.39 is 0 Å². The average Bonchev–Trinajstić information content (AvgIpc) is 2.39. The zero-order valence-electron chi connectivity index (χ0n) is 12.7. The number of esters is 1. The molecule has 122 valence electrons. The van der Waals surface area contributed by atoms with Gasteiger partial charge in [-0.15, -0.1) is 0 Å². The maximum absolute atomic E-state index is 11.9. The van der Waals surface area contributed by atoms with Crippen molar-refractivity contribution in [3.63, 3.8) is 0 Å². The second-order valence-electron chi connectivity index (χ2n) is 4.16. The van der Waals surface area contributed by atoms with Gasteiger partial charge in [0.25, 0.3) is 0 Å². The molecule has 3 N–H and O–H groups in total. The third kappa shape index (κ3) is 8.78. The standard InChI is InChI=1S/C14H18GeNO3.3H2O/c1-3-19-14(18)6-4-5-13(17)16(2)12-9-7-11(15)8-10-12;;;/h7-10H,3-6H2,1-2H3;3*1H2/q+3;;;/p-3. The Bertz CT molecular complexity index is 437. The summed E-state index contributed by atoms with van der Waals surface area (Å²) in [6.45, 7) is 2.16. The molecule has 0 heterocycles. The molecule has 0 atom stereocenters. The van der Waals surface area contributed by atoms with Crippen LogP contribution >= 0.6 is 0 Å². The molecule has 0 bridgehead atoms. The molecule has 0 radical (unpaired) electrons. The van der Waals surface area contributed by atoms with Crippen LogP contribution in [0.1, 0.15) is 26.2 Å². The second kappa shape index (κ2) is 13.3. The summed E-state index contributed by atoms with van der Waals surface area (Å²) >= 11 is 2.00. The third-order valence-corrected chi connectivity index (χ3v) is 3.40. The van der Waals surface area contributed by atoms with Crippen LogP contribution in [0.2, 0.25) is 0 Å². The van der Waals surface area contributed by atoms with Crippen molar-refractivity contribution >= 4 is 38.5 Å². The topological polar surface area (TPSA) is 137 Å². The summed E-state index contributed by atoms with van der Waals surface area (Å²) in [5, 5.41) is 0. The van der Waals surface area contributed by atoms with Gasteiger partial charge in [-0.05, 0) is 6.92 Å². The molecule has 0 saturated heterocycles. The Hall–Kier alpha value is -1.42. The fourth-order valence-electron chi connectivity index (χ4n) is 1.61. The summed E-state index contributed by atoms with van der Waals surface area (Å²) in [4.78, 5) is 24.7. The first-order chi connectivity index (χ1) is 9.04. The number of amides is 1. The molecule has 1 aromatic carbocycles. The van der Waals surface area contributed by atoms with Gasteiger partial charge in [-0.25, -0.2) is 0 Å². The van der Waals surface area contributed by atoms with Crippen LogP contribution in [-0.4, -0.2) is 58.5 Å². The maximum atomic E-state index is 11.9. The van der Waals surface area contributed by atoms with Crippen LogP contribution in [0.5, 0.6) is 0 Å². The van der Waals surface area contributed by atoms with E-state index in [-0.39, 0.29) is 28.3 Å². The SMILES string of the molecule is CCOC(=O)CCCC(=O)N(C)c1cc[c]([Ge+3])cc1.[OH-].[OH-].[OH-]. The van der Waals surface area contributed by atoms with Crippen molar-refractivity contribution in [3.8, 4) is 0 Å². The molecule has 1 amide bonds. The van der Waals surface area contributed by atoms with Gasteiger partial charge < -0.3 is 16.4 Å². The first-order valence-corrected chi connectivity index (χ1v) is 7.33. The molecule has 0 aromatic heterocycles. The fourth-order valence-corrected chi connectivity index (χ4v) is 1.96. The van der Waals surface area contributed by atoms with Crippen LogP contribution in [0.15, 0.2) is 24.3 Å². The molecule has 1 aromatic rings. The summed E-state index contributed by atoms with van der Waals surface area (Å²) in [6, 6.07) is 7.77. The Morgan fingerprint density at radius 2 is 1.64 bits per heavy atom. The van der Waals surface area contributed by atoms with Gasteiger partial charge in [0.2, 0.25) is 0 Å². The molecule has 0 spiro atoms. The summed E-state index contributed by atoms with van der Waals surface area (Å²) in [6.07, 6.45) is 1.17. The molecule has 1 rings (SSSR count). The molecule has 0 aliphatic carbocycles. The van der Waals surface area contributed by atoms with Crippen LogP contribution < -0.4 is 9.30 Å². The first kappa shape index (κ1) is 25.5. The summed E-state index contributed by atoms with van der Waals surface area (Å²) in [5.41, 5.74) is 0.867. The molecule has 0 saturated carbocycles. The number of hydrogen-bond acceptors (Lipinski definition) is 6. The number of ether oxygens (including phenoxy) is 1. The number of nitrogens with zero attached hydrogens (tertiary/aromatic N) is 1. The molecule has 22 heavy (non-hydrogen) atoms. The van der Waals surface area contributed by atoms with Gasteiger partial charge in [0.15, 0.2) is 0 Å². The van der Waals surface area contributed by atoms with Crippen molar-refractivity contribution in [2.24, 2.45) is 0 Å². The smallest absolute Gasteiger partial charge is 0.870 e. The van der Waals surface area contributed by atoms with Crippen molar-refractivity contribution in [1.82, 2.24) is 0 Å². The largest absolute Gasteiger partial charge is 0.870 e. The summed E-state index contributed by atoms with van der Waals surface area (Å²) < 4.78 is 5.98. The third-order valence-electron chi connectivity index (χ3n) is 2.71. The summed E-state index contributed by atoms with van der Waals surface area (Å²) in [5.74, 6) is -0.235. The molecule has 0 unspecified atom stereocenters. The molecular formula is C14H21GeNO6. The number of carbonyl (C=O) groups excluding carboxylic acids is 2. The summed E-state index contributed by atoms with van der Waals surface area (Å²) in [7, 11) is 1.75. The van der Waals surface area contributed by atoms with E-state index in [0.717, 1.165) is 10.1 Å². The van der Waals surface area contributed by atoms with Crippen molar-refractivity contribution < 1.29 is 30.8 Å². The molecule has 0 aliphatic rings. The van der Waals surface area contributed by atoms with Gasteiger partial charge in [0.1, 0.15) is 0 Å². The van der Waals surface area contributed by atoms with Crippen LogP contribution in [0.4, 0.5) is 5.69 Å². The zero-order chi connectivity index (χ0) is 14.3. The van der Waals surface area contributed by atoms with E-state index in [2.05, 4.69) is 0 Å². The number of hydrogen-bond donors (Lipinski definition) is 0. The van der Waals surface area contributed by atoms with E-state index >= 15 is 0 Å². The second-order valence-corrected chi connectivity index (χ2v) is 5.37. The van der Waals surface area contributed by atoms with Gasteiger partial charge in [-0.2, -0.15) is 0 Å². The van der Waals surface area contributed by atoms with Gasteiger partial charge in [0.05, 0.1) is 0 Å². The van der Waals surface area contributed by atoms with Crippen LogP contribution in [0.25, 0.3) is 0 Å². The van der Waals surface area contributed by atoms with E-state index in [1.807, 2.05) is 40.8 Å². The van der Waals surface area contributed by atoms with Gasteiger partial charge in [-0.3, -0.25) is 0 Å². The number of benzene rings is 1. The fraction of sp³-hybridized carbons (Fsp3) is 0.429. The molecular weight excluding hydrogens is 351 g/mol. The van der Waals surface area contributed by atoms with E-state index in [4.69, 9.17) is 4.74 Å². The van der Waals surface area contributed by atoms with Crippen LogP contribution in [-0.2, 0) is 14.3 Å². The van der Waals surface area contributed by atoms with Crippen molar-refractivity contribution in [1.29, 1.82) is 0 Å². The van der Waals surface area contributed by atoms with Crippen molar-refractivity contribution in [2.75, 3.05) is 18.6 Å². The van der Waals surface area contributed by atoms with Crippen LogP contribution in [0, 0.1) is 0 Å². The first-order valence-electron chi connectivity index (χ1n) is 6.28. The molecule has 8 heteroatoms. The maximum Gasteiger partial charge on any atom is -0.870 e. The number of anilines is 1. The predicted octanol–water partition coefficient (Wildman–Crippen LogP) is 0.646. The van der Waals surface area contributed by atoms with Crippen molar-refractivity contribution in [3.05, 3.63) is 24.3 Å². The quantitative estimate of drug-likeness (QED) is 0.531. The normalized spacial score (nSPS) is 8.73. The van der Waals surface area contributed by atoms with E-state index in [1.165, 1.54) is 0 Å². The van der Waals surface area contributed by atoms with Gasteiger partial charge >= 0.3 is 115 Å². The molecule has 0 aliphatic heterocycles. The Morgan fingerprint density at radius 3 is 2.14 bits per heavy atom. The van der Waals surface area contributed by atoms with E-state index in [1.54, 1.807) is 18.9 Å². The van der Waals surface area contributed by atoms with Crippen LogP contribution in [0.3, 0.4) is 0 Å². The number of rotatable bonds is 6. The Labute approximate surface area is 138 Å². The van der Waals surface area contributed by atoms with Crippen molar-refractivity contribution in [2.45, 2.75) is 26.2 Å². The minimum atomic E-state index is -0.242. The monoisotopic (exact) mass is 373 g/mol. The molecule has 0 fully saturated rings. The van der Waals surface area contributed by atoms with E-state index in [9.17, 15) is 9.59 Å². The minimum absolute atomic E-state index is 0. The Morgan fingerprint density at radius 1 is 1.09 bits per heavy atom. The van der Waals surface area contributed by atoms with Gasteiger partial charge in [0, 0.05) is 0 Å². The number of carbonyl (C=O) groups is 2. The van der Waals surface area contributed by atoms with Gasteiger partial charge in [-0.1, -0.05) is 0 Å². The average molecular weight is 372 g/mol. The Kier molecular flexibility index (Phi) is 15.4.